The molecule has 0 aliphatic rings. The Morgan fingerprint density at radius 3 is 2.84 bits per heavy atom. The van der Waals surface area contributed by atoms with Crippen LogP contribution >= 0.6 is 0 Å². The van der Waals surface area contributed by atoms with E-state index in [0.717, 1.165) is 6.08 Å². The Bertz CT molecular complexity index is 517. The number of hydrogen-bond acceptors (Lipinski definition) is 4. The van der Waals surface area contributed by atoms with Gasteiger partial charge in [-0.25, -0.2) is 4.79 Å². The highest BCUT2D eigenvalue weighted by molar-refractivity contribution is 5.86. The Morgan fingerprint density at radius 2 is 2.32 bits per heavy atom. The monoisotopic (exact) mass is 261 g/mol. The summed E-state index contributed by atoms with van der Waals surface area (Å²) >= 11 is 0. The van der Waals surface area contributed by atoms with Gasteiger partial charge in [-0.3, -0.25) is 0 Å². The van der Waals surface area contributed by atoms with Crippen LogP contribution in [0.5, 0.6) is 11.5 Å². The van der Waals surface area contributed by atoms with Gasteiger partial charge in [-0.15, -0.1) is 0 Å². The van der Waals surface area contributed by atoms with Gasteiger partial charge in [0.05, 0.1) is 7.11 Å². The van der Waals surface area contributed by atoms with Crippen LogP contribution in [-0.2, 0) is 4.79 Å². The first-order chi connectivity index (χ1) is 9.10. The molecule has 0 saturated heterocycles. The fraction of sp³-hybridized carbons (Fsp3) is 0.286. The third kappa shape index (κ3) is 4.36. The second-order valence-electron chi connectivity index (χ2n) is 3.72. The molecule has 19 heavy (non-hydrogen) atoms. The van der Waals surface area contributed by atoms with E-state index in [1.807, 2.05) is 13.0 Å². The first kappa shape index (κ1) is 14.6. The molecule has 1 atom stereocenters. The van der Waals surface area contributed by atoms with Crippen molar-refractivity contribution in [1.29, 1.82) is 5.26 Å². The van der Waals surface area contributed by atoms with Crippen molar-refractivity contribution in [3.63, 3.8) is 0 Å². The maximum atomic E-state index is 10.6. The smallest absolute Gasteiger partial charge is 0.328 e. The molecule has 0 fully saturated rings. The van der Waals surface area contributed by atoms with Crippen molar-refractivity contribution in [1.82, 2.24) is 0 Å². The lowest BCUT2D eigenvalue weighted by molar-refractivity contribution is -0.131. The summed E-state index contributed by atoms with van der Waals surface area (Å²) < 4.78 is 10.6. The second-order valence-corrected chi connectivity index (χ2v) is 3.72. The number of carbonyl (C=O) groups is 1. The standard InChI is InChI=1S/C14H15NO4/c1-3-11(9-15)19-13-6-5-12(18-2)8-10(13)4-7-14(16)17/h4-8,11H,3H2,1-2H3,(H,16,17). The summed E-state index contributed by atoms with van der Waals surface area (Å²) in [7, 11) is 1.52. The lowest BCUT2D eigenvalue weighted by atomic mass is 10.1. The molecule has 0 spiro atoms. The summed E-state index contributed by atoms with van der Waals surface area (Å²) in [6, 6.07) is 7.02. The number of aliphatic carboxylic acids is 1. The minimum Gasteiger partial charge on any atom is -0.497 e. The zero-order chi connectivity index (χ0) is 14.3. The SMILES string of the molecule is CCC(C#N)Oc1ccc(OC)cc1C=CC(=O)O. The molecule has 5 heteroatoms. The van der Waals surface area contributed by atoms with Gasteiger partial charge in [0, 0.05) is 11.6 Å². The molecule has 100 valence electrons. The molecule has 0 radical (unpaired) electrons. The predicted molar refractivity (Wildman–Crippen MR) is 70.0 cm³/mol. The molecule has 1 unspecified atom stereocenters. The first-order valence-electron chi connectivity index (χ1n) is 5.76. The summed E-state index contributed by atoms with van der Waals surface area (Å²) in [5, 5.41) is 17.5. The molecule has 1 N–H and O–H groups in total. The van der Waals surface area contributed by atoms with E-state index < -0.39 is 12.1 Å². The topological polar surface area (TPSA) is 79.5 Å². The van der Waals surface area contributed by atoms with Crippen LogP contribution in [0.4, 0.5) is 0 Å². The van der Waals surface area contributed by atoms with Crippen molar-refractivity contribution in [3.8, 4) is 17.6 Å². The zero-order valence-electron chi connectivity index (χ0n) is 10.8. The minimum absolute atomic E-state index is 0.451. The number of carboxylic acid groups (broad SMARTS) is 1. The van der Waals surface area contributed by atoms with Crippen molar-refractivity contribution in [2.75, 3.05) is 7.11 Å². The van der Waals surface area contributed by atoms with E-state index in [4.69, 9.17) is 19.8 Å². The zero-order valence-corrected chi connectivity index (χ0v) is 10.8. The van der Waals surface area contributed by atoms with Crippen molar-refractivity contribution in [2.45, 2.75) is 19.4 Å². The molecule has 0 aliphatic carbocycles. The first-order valence-corrected chi connectivity index (χ1v) is 5.76. The number of carboxylic acids is 1. The van der Waals surface area contributed by atoms with Gasteiger partial charge in [-0.2, -0.15) is 5.26 Å². The van der Waals surface area contributed by atoms with E-state index in [2.05, 4.69) is 0 Å². The van der Waals surface area contributed by atoms with Gasteiger partial charge >= 0.3 is 5.97 Å². The fourth-order valence-electron chi connectivity index (χ4n) is 1.41. The highest BCUT2D eigenvalue weighted by atomic mass is 16.5. The van der Waals surface area contributed by atoms with Crippen LogP contribution in [0.15, 0.2) is 24.3 Å². The van der Waals surface area contributed by atoms with Crippen molar-refractivity contribution in [3.05, 3.63) is 29.8 Å². The van der Waals surface area contributed by atoms with Gasteiger partial charge in [0.25, 0.3) is 0 Å². The maximum Gasteiger partial charge on any atom is 0.328 e. The number of nitrogens with zero attached hydrogens (tertiary/aromatic N) is 1. The third-order valence-corrected chi connectivity index (χ3v) is 2.41. The van der Waals surface area contributed by atoms with E-state index in [9.17, 15) is 4.79 Å². The lowest BCUT2D eigenvalue weighted by Crippen LogP contribution is -2.12. The predicted octanol–water partition coefficient (Wildman–Crippen LogP) is 2.47. The van der Waals surface area contributed by atoms with Crippen LogP contribution in [-0.4, -0.2) is 24.3 Å². The van der Waals surface area contributed by atoms with Crippen LogP contribution in [0.3, 0.4) is 0 Å². The molecule has 0 aromatic heterocycles. The molecule has 0 amide bonds. The van der Waals surface area contributed by atoms with Gasteiger partial charge in [0.15, 0.2) is 6.10 Å². The normalized spacial score (nSPS) is 11.8. The van der Waals surface area contributed by atoms with Crippen molar-refractivity contribution >= 4 is 12.0 Å². The number of nitriles is 1. The van der Waals surface area contributed by atoms with Gasteiger partial charge in [-0.05, 0) is 30.7 Å². The van der Waals surface area contributed by atoms with E-state index in [-0.39, 0.29) is 0 Å². The van der Waals surface area contributed by atoms with Crippen LogP contribution in [0.1, 0.15) is 18.9 Å². The summed E-state index contributed by atoms with van der Waals surface area (Å²) in [5.41, 5.74) is 0.551. The van der Waals surface area contributed by atoms with E-state index >= 15 is 0 Å². The molecule has 0 aliphatic heterocycles. The third-order valence-electron chi connectivity index (χ3n) is 2.41. The molecule has 0 heterocycles. The van der Waals surface area contributed by atoms with E-state index in [1.165, 1.54) is 13.2 Å². The number of ether oxygens (including phenoxy) is 2. The molecule has 5 nitrogen and oxygen atoms in total. The number of hydrogen-bond donors (Lipinski definition) is 1. The molecule has 0 saturated carbocycles. The van der Waals surface area contributed by atoms with Crippen molar-refractivity contribution < 1.29 is 19.4 Å². The Morgan fingerprint density at radius 1 is 1.58 bits per heavy atom. The van der Waals surface area contributed by atoms with Gasteiger partial charge in [0.2, 0.25) is 0 Å². The Balaban J connectivity index is 3.08. The minimum atomic E-state index is -1.05. The molecular weight excluding hydrogens is 246 g/mol. The quantitative estimate of drug-likeness (QED) is 0.796. The number of methoxy groups -OCH3 is 1. The van der Waals surface area contributed by atoms with E-state index in [1.54, 1.807) is 18.2 Å². The van der Waals surface area contributed by atoms with Crippen LogP contribution in [0, 0.1) is 11.3 Å². The fourth-order valence-corrected chi connectivity index (χ4v) is 1.41. The molecule has 1 aromatic carbocycles. The molecule has 1 aromatic rings. The Kier molecular flexibility index (Phi) is 5.42. The summed E-state index contributed by atoms with van der Waals surface area (Å²) in [4.78, 5) is 10.6. The van der Waals surface area contributed by atoms with E-state index in [0.29, 0.717) is 23.5 Å². The maximum absolute atomic E-state index is 10.6. The number of benzene rings is 1. The van der Waals surface area contributed by atoms with Gasteiger partial charge < -0.3 is 14.6 Å². The highest BCUT2D eigenvalue weighted by Gasteiger charge is 2.10. The van der Waals surface area contributed by atoms with Gasteiger partial charge in [0.1, 0.15) is 17.6 Å². The average molecular weight is 261 g/mol. The highest BCUT2D eigenvalue weighted by Crippen LogP contribution is 2.26. The molecule has 0 bridgehead atoms. The van der Waals surface area contributed by atoms with Gasteiger partial charge in [-0.1, -0.05) is 6.92 Å². The largest absolute Gasteiger partial charge is 0.497 e. The van der Waals surface area contributed by atoms with Crippen LogP contribution < -0.4 is 9.47 Å². The van der Waals surface area contributed by atoms with Crippen LogP contribution in [0.2, 0.25) is 0 Å². The number of rotatable bonds is 6. The molecular formula is C14H15NO4. The lowest BCUT2D eigenvalue weighted by Gasteiger charge is -2.13. The Hall–Kier alpha value is -2.48. The average Bonchev–Trinajstić information content (AvgIpc) is 2.42. The summed E-state index contributed by atoms with van der Waals surface area (Å²) in [6.07, 6.45) is 2.40. The van der Waals surface area contributed by atoms with Crippen LogP contribution in [0.25, 0.3) is 6.08 Å². The summed E-state index contributed by atoms with van der Waals surface area (Å²) in [6.45, 7) is 1.84. The van der Waals surface area contributed by atoms with Crippen molar-refractivity contribution in [2.24, 2.45) is 0 Å². The molecule has 1 rings (SSSR count). The Labute approximate surface area is 111 Å². The second kappa shape index (κ2) is 7.07. The summed E-state index contributed by atoms with van der Waals surface area (Å²) in [5.74, 6) is -0.0183.